The van der Waals surface area contributed by atoms with E-state index in [4.69, 9.17) is 4.74 Å². The summed E-state index contributed by atoms with van der Waals surface area (Å²) < 4.78 is 5.35. The minimum atomic E-state index is -0.767. The van der Waals surface area contributed by atoms with Gasteiger partial charge in [-0.05, 0) is 24.9 Å². The smallest absolute Gasteiger partial charge is 0.326 e. The highest BCUT2D eigenvalue weighted by molar-refractivity contribution is 6.07. The van der Waals surface area contributed by atoms with E-state index in [2.05, 4.69) is 27.2 Å². The Labute approximate surface area is 153 Å². The first-order chi connectivity index (χ1) is 12.7. The number of benzene rings is 1. The number of hydrogen-bond donors (Lipinski definition) is 1. The third kappa shape index (κ3) is 3.47. The second kappa shape index (κ2) is 7.34. The lowest BCUT2D eigenvalue weighted by Crippen LogP contribution is -2.58. The van der Waals surface area contributed by atoms with Crippen LogP contribution in [0.4, 0.5) is 4.79 Å². The van der Waals surface area contributed by atoms with Crippen LogP contribution in [0.25, 0.3) is 0 Å². The lowest BCUT2D eigenvalue weighted by Gasteiger charge is -2.38. The van der Waals surface area contributed by atoms with Gasteiger partial charge in [-0.15, -0.1) is 0 Å². The van der Waals surface area contributed by atoms with Gasteiger partial charge in [-0.25, -0.2) is 9.69 Å². The number of nitrogens with one attached hydrogen (secondary N) is 1. The molecule has 1 aromatic carbocycles. The fraction of sp³-hybridized carbons (Fsp3) is 0.579. The molecule has 3 fully saturated rings. The Hall–Kier alpha value is -1.96. The molecule has 1 aromatic rings. The van der Waals surface area contributed by atoms with E-state index in [0.717, 1.165) is 32.6 Å². The van der Waals surface area contributed by atoms with Gasteiger partial charge in [-0.2, -0.15) is 0 Å². The highest BCUT2D eigenvalue weighted by Gasteiger charge is 2.53. The van der Waals surface area contributed by atoms with Crippen LogP contribution in [-0.2, 0) is 16.1 Å². The molecule has 7 heteroatoms. The van der Waals surface area contributed by atoms with Crippen LogP contribution >= 0.6 is 0 Å². The maximum absolute atomic E-state index is 13.1. The van der Waals surface area contributed by atoms with Crippen LogP contribution in [0, 0.1) is 0 Å². The van der Waals surface area contributed by atoms with Crippen LogP contribution in [0.15, 0.2) is 30.3 Å². The molecule has 140 valence electrons. The molecule has 1 atom stereocenters. The molecule has 0 aliphatic carbocycles. The number of rotatable bonds is 4. The first-order valence-corrected chi connectivity index (χ1v) is 9.37. The Morgan fingerprint density at radius 2 is 1.81 bits per heavy atom. The first kappa shape index (κ1) is 17.5. The molecule has 0 bridgehead atoms. The van der Waals surface area contributed by atoms with Gasteiger partial charge in [0.2, 0.25) is 0 Å². The van der Waals surface area contributed by atoms with Gasteiger partial charge in [0.1, 0.15) is 5.54 Å². The number of hydrogen-bond acceptors (Lipinski definition) is 5. The summed E-state index contributed by atoms with van der Waals surface area (Å²) in [5.74, 6) is -0.0771. The predicted octanol–water partition coefficient (Wildman–Crippen LogP) is 0.863. The summed E-state index contributed by atoms with van der Waals surface area (Å²) in [5, 5.41) is 3.01. The number of likely N-dealkylation sites (tertiary alicyclic amines) is 1. The molecule has 3 aliphatic rings. The number of carbonyl (C=O) groups excluding carboxylic acids is 2. The molecule has 0 unspecified atom stereocenters. The average Bonchev–Trinajstić information content (AvgIpc) is 2.87. The van der Waals surface area contributed by atoms with Crippen molar-refractivity contribution in [3.05, 3.63) is 35.9 Å². The van der Waals surface area contributed by atoms with Crippen LogP contribution in [0.5, 0.6) is 0 Å². The van der Waals surface area contributed by atoms with Gasteiger partial charge < -0.3 is 10.1 Å². The van der Waals surface area contributed by atoms with Crippen molar-refractivity contribution in [3.8, 4) is 0 Å². The molecular weight excluding hydrogens is 332 g/mol. The number of imide groups is 1. The molecule has 3 saturated heterocycles. The summed E-state index contributed by atoms with van der Waals surface area (Å²) >= 11 is 0. The standard InChI is InChI=1S/C19H26N4O3/c24-17-19(20-18(25)23(17)15-21-9-11-26-12-10-21)7-4-8-22(14-19)13-16-5-2-1-3-6-16/h1-3,5-6H,4,7-15H2,(H,20,25)/t19-/m1/s1. The van der Waals surface area contributed by atoms with E-state index >= 15 is 0 Å². The number of nitrogens with zero attached hydrogens (tertiary/aromatic N) is 3. The van der Waals surface area contributed by atoms with Gasteiger partial charge in [0.15, 0.2) is 0 Å². The summed E-state index contributed by atoms with van der Waals surface area (Å²) in [6.45, 7) is 5.49. The largest absolute Gasteiger partial charge is 0.379 e. The molecular formula is C19H26N4O3. The van der Waals surface area contributed by atoms with Crippen LogP contribution < -0.4 is 5.32 Å². The third-order valence-electron chi connectivity index (χ3n) is 5.51. The fourth-order valence-corrected chi connectivity index (χ4v) is 4.14. The molecule has 3 amide bonds. The first-order valence-electron chi connectivity index (χ1n) is 9.37. The summed E-state index contributed by atoms with van der Waals surface area (Å²) in [7, 11) is 0. The van der Waals surface area contributed by atoms with E-state index in [1.165, 1.54) is 10.5 Å². The quantitative estimate of drug-likeness (QED) is 0.809. The minimum absolute atomic E-state index is 0.0771. The summed E-state index contributed by atoms with van der Waals surface area (Å²) in [6, 6.07) is 10.00. The summed E-state index contributed by atoms with van der Waals surface area (Å²) in [4.78, 5) is 31.4. The number of urea groups is 1. The van der Waals surface area contributed by atoms with Gasteiger partial charge in [-0.3, -0.25) is 14.6 Å². The Kier molecular flexibility index (Phi) is 4.93. The molecule has 1 N–H and O–H groups in total. The zero-order chi connectivity index (χ0) is 18.0. The van der Waals surface area contributed by atoms with Gasteiger partial charge >= 0.3 is 6.03 Å². The lowest BCUT2D eigenvalue weighted by molar-refractivity contribution is -0.135. The van der Waals surface area contributed by atoms with Crippen molar-refractivity contribution in [1.82, 2.24) is 20.0 Å². The molecule has 0 aromatic heterocycles. The Morgan fingerprint density at radius 3 is 2.58 bits per heavy atom. The number of morpholine rings is 1. The fourth-order valence-electron chi connectivity index (χ4n) is 4.14. The van der Waals surface area contributed by atoms with E-state index in [1.807, 2.05) is 18.2 Å². The molecule has 0 radical (unpaired) electrons. The van der Waals surface area contributed by atoms with Crippen molar-refractivity contribution in [2.75, 3.05) is 46.1 Å². The third-order valence-corrected chi connectivity index (χ3v) is 5.51. The molecule has 0 saturated carbocycles. The van der Waals surface area contributed by atoms with Crippen LogP contribution in [0.1, 0.15) is 18.4 Å². The Balaban J connectivity index is 1.43. The van der Waals surface area contributed by atoms with Gasteiger partial charge in [0.25, 0.3) is 5.91 Å². The van der Waals surface area contributed by atoms with Crippen molar-refractivity contribution in [2.45, 2.75) is 24.9 Å². The number of carbonyl (C=O) groups is 2. The summed E-state index contributed by atoms with van der Waals surface area (Å²) in [5.41, 5.74) is 0.461. The minimum Gasteiger partial charge on any atom is -0.379 e. The second-order valence-corrected chi connectivity index (χ2v) is 7.42. The lowest BCUT2D eigenvalue weighted by atomic mass is 9.88. The van der Waals surface area contributed by atoms with Crippen molar-refractivity contribution < 1.29 is 14.3 Å². The van der Waals surface area contributed by atoms with Gasteiger partial charge in [0.05, 0.1) is 19.9 Å². The predicted molar refractivity (Wildman–Crippen MR) is 96.3 cm³/mol. The Bertz CT molecular complexity index is 662. The molecule has 4 rings (SSSR count). The molecule has 26 heavy (non-hydrogen) atoms. The van der Waals surface area contributed by atoms with Gasteiger partial charge in [-0.1, -0.05) is 30.3 Å². The number of amides is 3. The molecule has 3 heterocycles. The Morgan fingerprint density at radius 1 is 1.04 bits per heavy atom. The second-order valence-electron chi connectivity index (χ2n) is 7.42. The zero-order valence-corrected chi connectivity index (χ0v) is 15.0. The highest BCUT2D eigenvalue weighted by Crippen LogP contribution is 2.29. The summed E-state index contributed by atoms with van der Waals surface area (Å²) in [6.07, 6.45) is 1.62. The van der Waals surface area contributed by atoms with Crippen LogP contribution in [0.3, 0.4) is 0 Å². The topological polar surface area (TPSA) is 65.1 Å². The van der Waals surface area contributed by atoms with Crippen molar-refractivity contribution in [2.24, 2.45) is 0 Å². The van der Waals surface area contributed by atoms with E-state index < -0.39 is 5.54 Å². The molecule has 1 spiro atoms. The van der Waals surface area contributed by atoms with Crippen LogP contribution in [-0.4, -0.2) is 78.2 Å². The van der Waals surface area contributed by atoms with Crippen molar-refractivity contribution in [1.29, 1.82) is 0 Å². The highest BCUT2D eigenvalue weighted by atomic mass is 16.5. The number of piperidine rings is 1. The number of ether oxygens (including phenoxy) is 1. The van der Waals surface area contributed by atoms with Gasteiger partial charge in [0, 0.05) is 26.2 Å². The SMILES string of the molecule is O=C1N[C@@]2(CCCN(Cc3ccccc3)C2)C(=O)N1CN1CCOCC1. The monoisotopic (exact) mass is 358 g/mol. The van der Waals surface area contributed by atoms with E-state index in [9.17, 15) is 9.59 Å². The van der Waals surface area contributed by atoms with E-state index in [1.54, 1.807) is 0 Å². The maximum Gasteiger partial charge on any atom is 0.326 e. The maximum atomic E-state index is 13.1. The van der Waals surface area contributed by atoms with Crippen molar-refractivity contribution in [3.63, 3.8) is 0 Å². The van der Waals surface area contributed by atoms with Crippen LogP contribution in [0.2, 0.25) is 0 Å². The zero-order valence-electron chi connectivity index (χ0n) is 15.0. The molecule has 7 nitrogen and oxygen atoms in total. The average molecular weight is 358 g/mol. The van der Waals surface area contributed by atoms with E-state index in [0.29, 0.717) is 32.8 Å². The van der Waals surface area contributed by atoms with E-state index in [-0.39, 0.29) is 11.9 Å². The molecule has 3 aliphatic heterocycles. The van der Waals surface area contributed by atoms with Crippen molar-refractivity contribution >= 4 is 11.9 Å². The normalized spacial score (nSPS) is 27.9.